The number of amidine groups is 1. The number of nitrogens with zero attached hydrogens (tertiary/aromatic N) is 3. The molecule has 3 heterocycles. The van der Waals surface area contributed by atoms with Crippen molar-refractivity contribution < 1.29 is 4.79 Å². The maximum absolute atomic E-state index is 11.5. The fourth-order valence-corrected chi connectivity index (χ4v) is 4.21. The second-order valence-electron chi connectivity index (χ2n) is 6.65. The molecular weight excluding hydrogens is 334 g/mol. The molecule has 1 aromatic rings. The Hall–Kier alpha value is -1.86. The summed E-state index contributed by atoms with van der Waals surface area (Å²) in [6, 6.07) is 6.07. The Labute approximate surface area is 152 Å². The Morgan fingerprint density at radius 3 is 2.92 bits per heavy atom. The van der Waals surface area contributed by atoms with Crippen molar-refractivity contribution in [3.63, 3.8) is 0 Å². The van der Waals surface area contributed by atoms with Crippen LogP contribution in [0.1, 0.15) is 30.4 Å². The quantitative estimate of drug-likeness (QED) is 0.865. The van der Waals surface area contributed by atoms with Crippen LogP contribution in [-0.2, 0) is 11.2 Å². The second-order valence-corrected chi connectivity index (χ2v) is 7.61. The molecule has 7 heteroatoms. The van der Waals surface area contributed by atoms with E-state index in [-0.39, 0.29) is 5.91 Å². The van der Waals surface area contributed by atoms with Crippen LogP contribution in [0, 0.1) is 0 Å². The van der Waals surface area contributed by atoms with Gasteiger partial charge in [-0.2, -0.15) is 5.10 Å². The van der Waals surface area contributed by atoms with Crippen LogP contribution in [0.5, 0.6) is 0 Å². The predicted molar refractivity (Wildman–Crippen MR) is 103 cm³/mol. The number of anilines is 1. The number of amides is 1. The number of nitrogens with one attached hydrogen (secondary N) is 2. The number of benzene rings is 1. The number of hydrogen-bond donors (Lipinski definition) is 2. The molecule has 0 aliphatic carbocycles. The molecule has 2 N–H and O–H groups in total. The topological polar surface area (TPSA) is 69.1 Å². The minimum absolute atomic E-state index is 0.0633. The molecule has 25 heavy (non-hydrogen) atoms. The maximum Gasteiger partial charge on any atom is 0.228 e. The lowest BCUT2D eigenvalue weighted by Crippen LogP contribution is -2.32. The van der Waals surface area contributed by atoms with Gasteiger partial charge in [-0.15, -0.1) is 0 Å². The SMILES string of the molecule is O=C1Cc2ccc(C3=NNC(=NCCN4CCCCC4)SC3)cc2N1. The lowest BCUT2D eigenvalue weighted by Gasteiger charge is -2.25. The van der Waals surface area contributed by atoms with E-state index in [1.807, 2.05) is 18.2 Å². The molecule has 1 aromatic carbocycles. The number of thioether (sulfide) groups is 1. The number of carbonyl (C=O) groups is 1. The minimum atomic E-state index is 0.0633. The van der Waals surface area contributed by atoms with Crippen molar-refractivity contribution in [3.8, 4) is 0 Å². The Morgan fingerprint density at radius 1 is 1.24 bits per heavy atom. The first kappa shape index (κ1) is 16.6. The molecule has 6 nitrogen and oxygen atoms in total. The monoisotopic (exact) mass is 357 g/mol. The molecule has 0 saturated carbocycles. The molecule has 3 aliphatic rings. The van der Waals surface area contributed by atoms with Crippen molar-refractivity contribution >= 4 is 34.2 Å². The second kappa shape index (κ2) is 7.58. The number of likely N-dealkylation sites (tertiary alicyclic amines) is 1. The van der Waals surface area contributed by atoms with Crippen molar-refractivity contribution in [1.29, 1.82) is 0 Å². The van der Waals surface area contributed by atoms with Gasteiger partial charge in [-0.3, -0.25) is 15.2 Å². The average molecular weight is 357 g/mol. The maximum atomic E-state index is 11.5. The van der Waals surface area contributed by atoms with Gasteiger partial charge in [0.15, 0.2) is 5.17 Å². The summed E-state index contributed by atoms with van der Waals surface area (Å²) >= 11 is 1.69. The summed E-state index contributed by atoms with van der Waals surface area (Å²) in [4.78, 5) is 18.6. The lowest BCUT2D eigenvalue weighted by atomic mass is 10.1. The van der Waals surface area contributed by atoms with E-state index in [1.54, 1.807) is 11.8 Å². The largest absolute Gasteiger partial charge is 0.326 e. The zero-order chi connectivity index (χ0) is 17.1. The van der Waals surface area contributed by atoms with Gasteiger partial charge in [0.25, 0.3) is 0 Å². The highest BCUT2D eigenvalue weighted by Gasteiger charge is 2.20. The Balaban J connectivity index is 1.33. The first-order chi connectivity index (χ1) is 12.3. The third-order valence-electron chi connectivity index (χ3n) is 4.82. The predicted octanol–water partition coefficient (Wildman–Crippen LogP) is 2.06. The van der Waals surface area contributed by atoms with E-state index >= 15 is 0 Å². The smallest absolute Gasteiger partial charge is 0.228 e. The van der Waals surface area contributed by atoms with Gasteiger partial charge in [-0.25, -0.2) is 0 Å². The van der Waals surface area contributed by atoms with Crippen LogP contribution in [0.4, 0.5) is 5.69 Å². The molecule has 4 rings (SSSR count). The number of hydrogen-bond acceptors (Lipinski definition) is 5. The van der Waals surface area contributed by atoms with Gasteiger partial charge >= 0.3 is 0 Å². The van der Waals surface area contributed by atoms with Gasteiger partial charge in [0.1, 0.15) is 0 Å². The lowest BCUT2D eigenvalue weighted by molar-refractivity contribution is -0.115. The normalized spacial score (nSPS) is 22.3. The Morgan fingerprint density at radius 2 is 2.12 bits per heavy atom. The molecule has 132 valence electrons. The number of piperidine rings is 1. The van der Waals surface area contributed by atoms with Crippen LogP contribution in [-0.4, -0.2) is 53.6 Å². The molecule has 0 spiro atoms. The zero-order valence-corrected chi connectivity index (χ0v) is 15.1. The molecule has 0 bridgehead atoms. The molecule has 1 fully saturated rings. The minimum Gasteiger partial charge on any atom is -0.326 e. The summed E-state index contributed by atoms with van der Waals surface area (Å²) in [6.45, 7) is 4.28. The van der Waals surface area contributed by atoms with Crippen molar-refractivity contribution in [2.75, 3.05) is 37.2 Å². The summed E-state index contributed by atoms with van der Waals surface area (Å²) < 4.78 is 0. The summed E-state index contributed by atoms with van der Waals surface area (Å²) in [5.74, 6) is 0.857. The summed E-state index contributed by atoms with van der Waals surface area (Å²) in [6.07, 6.45) is 4.48. The molecule has 3 aliphatic heterocycles. The fraction of sp³-hybridized carbons (Fsp3) is 0.500. The number of aliphatic imine (C=N–C) groups is 1. The van der Waals surface area contributed by atoms with E-state index < -0.39 is 0 Å². The van der Waals surface area contributed by atoms with E-state index in [0.717, 1.165) is 46.5 Å². The van der Waals surface area contributed by atoms with E-state index in [4.69, 9.17) is 0 Å². The van der Waals surface area contributed by atoms with Crippen molar-refractivity contribution in [3.05, 3.63) is 29.3 Å². The number of fused-ring (bicyclic) bond motifs is 1. The average Bonchev–Trinajstić information content (AvgIpc) is 3.02. The first-order valence-corrected chi connectivity index (χ1v) is 9.92. The van der Waals surface area contributed by atoms with Crippen LogP contribution < -0.4 is 10.7 Å². The Kier molecular flexibility index (Phi) is 5.03. The molecular formula is C18H23N5OS. The van der Waals surface area contributed by atoms with Gasteiger partial charge in [-0.1, -0.05) is 30.3 Å². The molecule has 0 atom stereocenters. The molecule has 1 saturated heterocycles. The van der Waals surface area contributed by atoms with Crippen LogP contribution in [0.15, 0.2) is 28.3 Å². The molecule has 0 radical (unpaired) electrons. The highest BCUT2D eigenvalue weighted by atomic mass is 32.2. The summed E-state index contributed by atoms with van der Waals surface area (Å²) in [5, 5.41) is 8.27. The van der Waals surface area contributed by atoms with Crippen molar-refractivity contribution in [2.45, 2.75) is 25.7 Å². The fourth-order valence-electron chi connectivity index (χ4n) is 3.42. The standard InChI is InChI=1S/C18H23N5OS/c24-17-11-14-5-4-13(10-15(14)20-17)16-12-25-18(22-21-16)19-6-9-23-7-2-1-3-8-23/h4-5,10H,1-3,6-9,11-12H2,(H,19,22)(H,20,24). The van der Waals surface area contributed by atoms with Crippen LogP contribution in [0.25, 0.3) is 0 Å². The highest BCUT2D eigenvalue weighted by molar-refractivity contribution is 8.14. The first-order valence-electron chi connectivity index (χ1n) is 8.93. The van der Waals surface area contributed by atoms with E-state index in [2.05, 4.69) is 25.7 Å². The van der Waals surface area contributed by atoms with Crippen molar-refractivity contribution in [1.82, 2.24) is 10.3 Å². The van der Waals surface area contributed by atoms with E-state index in [0.29, 0.717) is 6.42 Å². The number of rotatable bonds is 4. The van der Waals surface area contributed by atoms with Crippen LogP contribution in [0.2, 0.25) is 0 Å². The molecule has 1 amide bonds. The van der Waals surface area contributed by atoms with Crippen LogP contribution >= 0.6 is 11.8 Å². The molecule has 0 unspecified atom stereocenters. The van der Waals surface area contributed by atoms with Gasteiger partial charge in [0.2, 0.25) is 5.91 Å². The third kappa shape index (κ3) is 4.04. The van der Waals surface area contributed by atoms with Gasteiger partial charge < -0.3 is 10.2 Å². The number of hydrazone groups is 1. The van der Waals surface area contributed by atoms with Crippen molar-refractivity contribution in [2.24, 2.45) is 10.1 Å². The van der Waals surface area contributed by atoms with Gasteiger partial charge in [0.05, 0.1) is 18.7 Å². The summed E-state index contributed by atoms with van der Waals surface area (Å²) in [5.41, 5.74) is 7.09. The molecule has 0 aromatic heterocycles. The van der Waals surface area contributed by atoms with Gasteiger partial charge in [-0.05, 0) is 37.6 Å². The zero-order valence-electron chi connectivity index (χ0n) is 14.3. The van der Waals surface area contributed by atoms with Crippen LogP contribution in [0.3, 0.4) is 0 Å². The highest BCUT2D eigenvalue weighted by Crippen LogP contribution is 2.25. The number of carbonyl (C=O) groups excluding carboxylic acids is 1. The third-order valence-corrected chi connectivity index (χ3v) is 5.73. The van der Waals surface area contributed by atoms with Gasteiger partial charge in [0, 0.05) is 23.5 Å². The van der Waals surface area contributed by atoms with E-state index in [9.17, 15) is 4.79 Å². The summed E-state index contributed by atoms with van der Waals surface area (Å²) in [7, 11) is 0. The van der Waals surface area contributed by atoms with E-state index in [1.165, 1.54) is 32.4 Å². The Bertz CT molecular complexity index is 724.